The fourth-order valence-electron chi connectivity index (χ4n) is 5.69. The number of piperidine rings is 1. The smallest absolute Gasteiger partial charge is 0.416 e. The molecule has 1 spiro atoms. The number of nitrogens with zero attached hydrogens (tertiary/aromatic N) is 1. The summed E-state index contributed by atoms with van der Waals surface area (Å²) in [6.45, 7) is 3.20. The zero-order chi connectivity index (χ0) is 26.8. The minimum atomic E-state index is -4.44. The van der Waals surface area contributed by atoms with Crippen LogP contribution in [0.1, 0.15) is 51.0 Å². The monoisotopic (exact) mass is 523 g/mol. The molecule has 1 aliphatic carbocycles. The maximum Gasteiger partial charge on any atom is 0.416 e. The van der Waals surface area contributed by atoms with Gasteiger partial charge in [-0.25, -0.2) is 4.79 Å². The molecule has 1 aromatic carbocycles. The van der Waals surface area contributed by atoms with Gasteiger partial charge in [0.05, 0.1) is 17.1 Å². The molecule has 11 heteroatoms. The summed E-state index contributed by atoms with van der Waals surface area (Å²) in [6, 6.07) is 5.12. The highest BCUT2D eigenvalue weighted by Crippen LogP contribution is 2.42. The minimum Gasteiger partial charge on any atom is -0.481 e. The van der Waals surface area contributed by atoms with Crippen LogP contribution in [-0.4, -0.2) is 65.7 Å². The fraction of sp³-hybridized carbons (Fsp3) is 0.577. The molecule has 0 radical (unpaired) electrons. The van der Waals surface area contributed by atoms with Crippen LogP contribution >= 0.6 is 0 Å². The van der Waals surface area contributed by atoms with Crippen molar-refractivity contribution in [1.82, 2.24) is 10.2 Å². The third-order valence-corrected chi connectivity index (χ3v) is 7.75. The van der Waals surface area contributed by atoms with E-state index in [1.54, 1.807) is 6.92 Å². The van der Waals surface area contributed by atoms with Crippen LogP contribution in [0.25, 0.3) is 0 Å². The highest BCUT2D eigenvalue weighted by Gasteiger charge is 2.51. The van der Waals surface area contributed by atoms with Crippen molar-refractivity contribution in [3.05, 3.63) is 41.0 Å². The van der Waals surface area contributed by atoms with Crippen molar-refractivity contribution in [2.75, 3.05) is 31.5 Å². The predicted octanol–water partition coefficient (Wildman–Crippen LogP) is 3.58. The third-order valence-electron chi connectivity index (χ3n) is 7.75. The molecule has 0 unspecified atom stereocenters. The predicted molar refractivity (Wildman–Crippen MR) is 129 cm³/mol. The highest BCUT2D eigenvalue weighted by atomic mass is 19.4. The van der Waals surface area contributed by atoms with Crippen molar-refractivity contribution < 1.29 is 37.4 Å². The van der Waals surface area contributed by atoms with E-state index in [0.717, 1.165) is 25.0 Å². The van der Waals surface area contributed by atoms with Gasteiger partial charge in [0.25, 0.3) is 5.91 Å². The summed E-state index contributed by atoms with van der Waals surface area (Å²) in [6.07, 6.45) is -0.571. The minimum absolute atomic E-state index is 0.148. The number of nitrogens with one attached hydrogen (secondary N) is 2. The summed E-state index contributed by atoms with van der Waals surface area (Å²) in [5, 5.41) is 14.9. The number of aliphatic carboxylic acids is 1. The van der Waals surface area contributed by atoms with Gasteiger partial charge in [-0.3, -0.25) is 9.59 Å². The van der Waals surface area contributed by atoms with Gasteiger partial charge >= 0.3 is 18.1 Å². The average molecular weight is 524 g/mol. The molecule has 37 heavy (non-hydrogen) atoms. The quantitative estimate of drug-likeness (QED) is 0.370. The summed E-state index contributed by atoms with van der Waals surface area (Å²) >= 11 is 0. The van der Waals surface area contributed by atoms with E-state index in [-0.39, 0.29) is 30.6 Å². The molecule has 3 N–H and O–H groups in total. The second-order valence-corrected chi connectivity index (χ2v) is 10.0. The van der Waals surface area contributed by atoms with Crippen LogP contribution in [0.4, 0.5) is 18.9 Å². The van der Waals surface area contributed by atoms with Gasteiger partial charge in [-0.15, -0.1) is 0 Å². The molecule has 3 aliphatic rings. The Hall–Kier alpha value is -3.08. The standard InChI is InChI=1S/C26H32F3N3O5/c1-16-21(22(33)31-12-11-30-19-4-2-3-18(15-19)26(27,28)29)25(37-24(16)36)9-13-32(14-10-25)20-7-5-17(6-8-20)23(34)35/h2-4,15,17,20,30H,5-14H2,1H3,(H,31,33)(H,34,35). The summed E-state index contributed by atoms with van der Waals surface area (Å²) in [5.41, 5.74) is -0.856. The SMILES string of the molecule is CC1=C(C(=O)NCCNc2cccc(C(F)(F)F)c2)C2(CCN(C3CCC(C(=O)O)CC3)CC2)OC1=O. The van der Waals surface area contributed by atoms with Gasteiger partial charge in [0.1, 0.15) is 5.60 Å². The number of carbonyl (C=O) groups excluding carboxylic acids is 2. The molecule has 1 saturated carbocycles. The molecule has 4 rings (SSSR count). The zero-order valence-electron chi connectivity index (χ0n) is 20.7. The van der Waals surface area contributed by atoms with Crippen LogP contribution in [0.2, 0.25) is 0 Å². The molecule has 1 amide bonds. The van der Waals surface area contributed by atoms with Gasteiger partial charge in [0, 0.05) is 56.3 Å². The van der Waals surface area contributed by atoms with Crippen molar-refractivity contribution in [1.29, 1.82) is 0 Å². The molecule has 0 aromatic heterocycles. The van der Waals surface area contributed by atoms with E-state index in [4.69, 9.17) is 4.74 Å². The number of ether oxygens (including phenoxy) is 1. The Morgan fingerprint density at radius 2 is 1.81 bits per heavy atom. The van der Waals surface area contributed by atoms with Gasteiger partial charge in [-0.2, -0.15) is 13.2 Å². The summed E-state index contributed by atoms with van der Waals surface area (Å²) < 4.78 is 44.4. The van der Waals surface area contributed by atoms with Gasteiger partial charge in [-0.1, -0.05) is 6.07 Å². The van der Waals surface area contributed by atoms with Gasteiger partial charge in [0.15, 0.2) is 0 Å². The second-order valence-electron chi connectivity index (χ2n) is 10.0. The van der Waals surface area contributed by atoms with Crippen LogP contribution < -0.4 is 10.6 Å². The Balaban J connectivity index is 1.31. The zero-order valence-corrected chi connectivity index (χ0v) is 20.7. The van der Waals surface area contributed by atoms with Gasteiger partial charge in [-0.05, 0) is 50.8 Å². The number of amides is 1. The maximum absolute atomic E-state index is 13.1. The van der Waals surface area contributed by atoms with Crippen molar-refractivity contribution in [2.45, 2.75) is 63.3 Å². The lowest BCUT2D eigenvalue weighted by Gasteiger charge is -2.44. The number of esters is 1. The number of hydrogen-bond acceptors (Lipinski definition) is 6. The topological polar surface area (TPSA) is 108 Å². The number of benzene rings is 1. The second kappa shape index (κ2) is 10.7. The Morgan fingerprint density at radius 1 is 1.14 bits per heavy atom. The van der Waals surface area contributed by atoms with E-state index in [1.807, 2.05) is 0 Å². The molecule has 0 bridgehead atoms. The number of anilines is 1. The normalized spacial score (nSPS) is 24.2. The molecule has 202 valence electrons. The number of hydrogen-bond donors (Lipinski definition) is 3. The van der Waals surface area contributed by atoms with Gasteiger partial charge < -0.3 is 25.4 Å². The molecule has 8 nitrogen and oxygen atoms in total. The lowest BCUT2D eigenvalue weighted by atomic mass is 9.80. The largest absolute Gasteiger partial charge is 0.481 e. The van der Waals surface area contributed by atoms with Crippen LogP contribution in [-0.2, 0) is 25.3 Å². The Bertz CT molecular complexity index is 1070. The van der Waals surface area contributed by atoms with Crippen molar-refractivity contribution in [3.63, 3.8) is 0 Å². The number of carboxylic acids is 1. The number of carbonyl (C=O) groups is 3. The van der Waals surface area contributed by atoms with E-state index in [2.05, 4.69) is 15.5 Å². The molecule has 2 fully saturated rings. The van der Waals surface area contributed by atoms with Crippen LogP contribution in [0.15, 0.2) is 35.4 Å². The third kappa shape index (κ3) is 5.92. The fourth-order valence-corrected chi connectivity index (χ4v) is 5.69. The highest BCUT2D eigenvalue weighted by molar-refractivity contribution is 6.07. The van der Waals surface area contributed by atoms with Crippen molar-refractivity contribution >= 4 is 23.5 Å². The van der Waals surface area contributed by atoms with Crippen LogP contribution in [0.3, 0.4) is 0 Å². The summed E-state index contributed by atoms with van der Waals surface area (Å²) in [7, 11) is 0. The van der Waals surface area contributed by atoms with E-state index in [9.17, 15) is 32.7 Å². The first kappa shape index (κ1) is 27.0. The molecular formula is C26H32F3N3O5. The van der Waals surface area contributed by atoms with E-state index in [0.29, 0.717) is 50.0 Å². The lowest BCUT2D eigenvalue weighted by Crippen LogP contribution is -2.52. The Kier molecular flexibility index (Phi) is 7.82. The van der Waals surface area contributed by atoms with Crippen LogP contribution in [0, 0.1) is 5.92 Å². The number of carboxylic acid groups (broad SMARTS) is 1. The van der Waals surface area contributed by atoms with Crippen molar-refractivity contribution in [2.24, 2.45) is 5.92 Å². The Morgan fingerprint density at radius 3 is 2.43 bits per heavy atom. The summed E-state index contributed by atoms with van der Waals surface area (Å²) in [5.74, 6) is -1.95. The maximum atomic E-state index is 13.1. The average Bonchev–Trinajstić information content (AvgIpc) is 3.10. The van der Waals surface area contributed by atoms with Crippen LogP contribution in [0.5, 0.6) is 0 Å². The lowest BCUT2D eigenvalue weighted by molar-refractivity contribution is -0.151. The first-order valence-corrected chi connectivity index (χ1v) is 12.6. The molecule has 1 saturated heterocycles. The molecule has 2 aliphatic heterocycles. The molecule has 2 heterocycles. The van der Waals surface area contributed by atoms with E-state index in [1.165, 1.54) is 12.1 Å². The first-order chi connectivity index (χ1) is 17.5. The number of likely N-dealkylation sites (tertiary alicyclic amines) is 1. The number of alkyl halides is 3. The van der Waals surface area contributed by atoms with Gasteiger partial charge in [0.2, 0.25) is 0 Å². The Labute approximate surface area is 213 Å². The molecule has 1 aromatic rings. The summed E-state index contributed by atoms with van der Waals surface area (Å²) in [4.78, 5) is 39.1. The first-order valence-electron chi connectivity index (χ1n) is 12.6. The van der Waals surface area contributed by atoms with Crippen molar-refractivity contribution in [3.8, 4) is 0 Å². The number of rotatable bonds is 7. The van der Waals surface area contributed by atoms with E-state index < -0.39 is 35.2 Å². The number of halogens is 3. The molecular weight excluding hydrogens is 491 g/mol. The van der Waals surface area contributed by atoms with E-state index >= 15 is 0 Å². The molecule has 0 atom stereocenters.